The second-order valence-corrected chi connectivity index (χ2v) is 4.74. The van der Waals surface area contributed by atoms with Gasteiger partial charge in [-0.25, -0.2) is 0 Å². The summed E-state index contributed by atoms with van der Waals surface area (Å²) in [5.41, 5.74) is 0.158. The van der Waals surface area contributed by atoms with E-state index in [0.717, 1.165) is 26.2 Å². The molecule has 0 aliphatic carbocycles. The average molecular weight is 199 g/mol. The van der Waals surface area contributed by atoms with Crippen molar-refractivity contribution in [2.45, 2.75) is 50.8 Å². The van der Waals surface area contributed by atoms with Gasteiger partial charge in [0.2, 0.25) is 0 Å². The van der Waals surface area contributed by atoms with Crippen molar-refractivity contribution in [2.24, 2.45) is 0 Å². The molecule has 0 saturated carbocycles. The number of rotatable bonds is 2. The first kappa shape index (κ1) is 10.4. The summed E-state index contributed by atoms with van der Waals surface area (Å²) in [4.78, 5) is 0. The van der Waals surface area contributed by atoms with Gasteiger partial charge >= 0.3 is 0 Å². The highest BCUT2D eigenvalue weighted by Crippen LogP contribution is 2.26. The van der Waals surface area contributed by atoms with Crippen LogP contribution < -0.4 is 5.32 Å². The number of hydrogen-bond acceptors (Lipinski definition) is 3. The minimum absolute atomic E-state index is 0.158. The molecule has 2 fully saturated rings. The summed E-state index contributed by atoms with van der Waals surface area (Å²) < 4.78 is 11.1. The van der Waals surface area contributed by atoms with Crippen LogP contribution in [0.4, 0.5) is 0 Å². The largest absolute Gasteiger partial charge is 0.380 e. The van der Waals surface area contributed by atoms with Crippen LogP contribution in [0.3, 0.4) is 0 Å². The first-order valence-electron chi connectivity index (χ1n) is 5.68. The molecular formula is C11H21NO2. The Morgan fingerprint density at radius 2 is 2.21 bits per heavy atom. The molecule has 14 heavy (non-hydrogen) atoms. The standard InChI is InChI=1S/C11H21NO2/c1-9-11(2,5-7-14-9)12-10-4-3-6-13-8-10/h9-10,12H,3-8H2,1-2H3. The fourth-order valence-corrected chi connectivity index (χ4v) is 2.35. The van der Waals surface area contributed by atoms with Crippen LogP contribution in [0, 0.1) is 0 Å². The van der Waals surface area contributed by atoms with Crippen LogP contribution in [0.5, 0.6) is 0 Å². The van der Waals surface area contributed by atoms with Crippen LogP contribution in [-0.4, -0.2) is 37.5 Å². The smallest absolute Gasteiger partial charge is 0.0726 e. The highest BCUT2D eigenvalue weighted by atomic mass is 16.5. The lowest BCUT2D eigenvalue weighted by molar-refractivity contribution is 0.0407. The van der Waals surface area contributed by atoms with Crippen LogP contribution in [0.2, 0.25) is 0 Å². The Labute approximate surface area is 86.2 Å². The lowest BCUT2D eigenvalue weighted by Crippen LogP contribution is -2.54. The Bertz CT molecular complexity index is 192. The van der Waals surface area contributed by atoms with Crippen molar-refractivity contribution < 1.29 is 9.47 Å². The second kappa shape index (κ2) is 4.17. The Morgan fingerprint density at radius 1 is 1.36 bits per heavy atom. The lowest BCUT2D eigenvalue weighted by atomic mass is 9.92. The van der Waals surface area contributed by atoms with Gasteiger partial charge in [0.1, 0.15) is 0 Å². The van der Waals surface area contributed by atoms with E-state index in [1.807, 2.05) is 0 Å². The van der Waals surface area contributed by atoms with Gasteiger partial charge in [0.25, 0.3) is 0 Å². The zero-order valence-corrected chi connectivity index (χ0v) is 9.21. The summed E-state index contributed by atoms with van der Waals surface area (Å²) >= 11 is 0. The molecule has 82 valence electrons. The molecule has 0 radical (unpaired) electrons. The highest BCUT2D eigenvalue weighted by molar-refractivity contribution is 4.95. The zero-order chi connectivity index (χ0) is 10.0. The molecular weight excluding hydrogens is 178 g/mol. The molecule has 0 bridgehead atoms. The zero-order valence-electron chi connectivity index (χ0n) is 9.21. The molecule has 2 heterocycles. The minimum atomic E-state index is 0.158. The summed E-state index contributed by atoms with van der Waals surface area (Å²) in [5, 5.41) is 3.69. The van der Waals surface area contributed by atoms with E-state index in [9.17, 15) is 0 Å². The van der Waals surface area contributed by atoms with E-state index in [2.05, 4.69) is 19.2 Å². The van der Waals surface area contributed by atoms with Crippen LogP contribution >= 0.6 is 0 Å². The van der Waals surface area contributed by atoms with Crippen molar-refractivity contribution in [3.8, 4) is 0 Å². The number of ether oxygens (including phenoxy) is 2. The Hall–Kier alpha value is -0.120. The molecule has 0 amide bonds. The number of hydrogen-bond donors (Lipinski definition) is 1. The maximum atomic E-state index is 5.61. The van der Waals surface area contributed by atoms with Crippen molar-refractivity contribution in [1.29, 1.82) is 0 Å². The van der Waals surface area contributed by atoms with Crippen LogP contribution in [0.25, 0.3) is 0 Å². The molecule has 0 spiro atoms. The maximum Gasteiger partial charge on any atom is 0.0726 e. The van der Waals surface area contributed by atoms with Crippen molar-refractivity contribution >= 4 is 0 Å². The molecule has 0 aromatic rings. The van der Waals surface area contributed by atoms with Gasteiger partial charge in [-0.1, -0.05) is 0 Å². The third-order valence-electron chi connectivity index (χ3n) is 3.58. The Morgan fingerprint density at radius 3 is 2.79 bits per heavy atom. The van der Waals surface area contributed by atoms with Gasteiger partial charge in [-0.15, -0.1) is 0 Å². The summed E-state index contributed by atoms with van der Waals surface area (Å²) in [6, 6.07) is 0.526. The highest BCUT2D eigenvalue weighted by Gasteiger charge is 2.38. The average Bonchev–Trinajstić information content (AvgIpc) is 2.48. The summed E-state index contributed by atoms with van der Waals surface area (Å²) in [6.45, 7) is 7.10. The molecule has 2 aliphatic rings. The predicted octanol–water partition coefficient (Wildman–Crippen LogP) is 1.32. The van der Waals surface area contributed by atoms with Gasteiger partial charge in [-0.2, -0.15) is 0 Å². The van der Waals surface area contributed by atoms with Gasteiger partial charge in [0.15, 0.2) is 0 Å². The van der Waals surface area contributed by atoms with E-state index < -0.39 is 0 Å². The third-order valence-corrected chi connectivity index (χ3v) is 3.58. The molecule has 3 unspecified atom stereocenters. The third kappa shape index (κ3) is 2.10. The first-order valence-corrected chi connectivity index (χ1v) is 5.68. The predicted molar refractivity (Wildman–Crippen MR) is 55.4 cm³/mol. The number of nitrogens with one attached hydrogen (secondary N) is 1. The summed E-state index contributed by atoms with van der Waals surface area (Å²) in [5.74, 6) is 0. The first-order chi connectivity index (χ1) is 6.71. The molecule has 2 aliphatic heterocycles. The SMILES string of the molecule is CC1OCCC1(C)NC1CCCOC1. The molecule has 1 N–H and O–H groups in total. The molecule has 3 atom stereocenters. The molecule has 2 rings (SSSR count). The maximum absolute atomic E-state index is 5.61. The van der Waals surface area contributed by atoms with E-state index in [0.29, 0.717) is 12.1 Å². The second-order valence-electron chi connectivity index (χ2n) is 4.74. The van der Waals surface area contributed by atoms with Crippen LogP contribution in [0.1, 0.15) is 33.1 Å². The van der Waals surface area contributed by atoms with Crippen molar-refractivity contribution in [2.75, 3.05) is 19.8 Å². The summed E-state index contributed by atoms with van der Waals surface area (Å²) in [7, 11) is 0. The monoisotopic (exact) mass is 199 g/mol. The van der Waals surface area contributed by atoms with Gasteiger partial charge in [-0.3, -0.25) is 0 Å². The Kier molecular flexibility index (Phi) is 3.10. The Balaban J connectivity index is 1.88. The van der Waals surface area contributed by atoms with Crippen LogP contribution in [0.15, 0.2) is 0 Å². The summed E-state index contributed by atoms with van der Waals surface area (Å²) in [6.07, 6.45) is 3.86. The van der Waals surface area contributed by atoms with Crippen molar-refractivity contribution in [3.63, 3.8) is 0 Å². The molecule has 3 heteroatoms. The molecule has 2 saturated heterocycles. The van der Waals surface area contributed by atoms with E-state index in [1.54, 1.807) is 0 Å². The van der Waals surface area contributed by atoms with E-state index >= 15 is 0 Å². The van der Waals surface area contributed by atoms with Gasteiger partial charge in [0, 0.05) is 24.8 Å². The lowest BCUT2D eigenvalue weighted by Gasteiger charge is -2.35. The van der Waals surface area contributed by atoms with E-state index in [1.165, 1.54) is 12.8 Å². The minimum Gasteiger partial charge on any atom is -0.380 e. The molecule has 0 aromatic carbocycles. The van der Waals surface area contributed by atoms with Crippen molar-refractivity contribution in [3.05, 3.63) is 0 Å². The fraction of sp³-hybridized carbons (Fsp3) is 1.00. The topological polar surface area (TPSA) is 30.5 Å². The molecule has 3 nitrogen and oxygen atoms in total. The van der Waals surface area contributed by atoms with Gasteiger partial charge < -0.3 is 14.8 Å². The van der Waals surface area contributed by atoms with Crippen LogP contribution in [-0.2, 0) is 9.47 Å². The quantitative estimate of drug-likeness (QED) is 0.727. The van der Waals surface area contributed by atoms with E-state index in [-0.39, 0.29) is 5.54 Å². The van der Waals surface area contributed by atoms with Crippen molar-refractivity contribution in [1.82, 2.24) is 5.32 Å². The van der Waals surface area contributed by atoms with Gasteiger partial charge in [-0.05, 0) is 33.1 Å². The fourth-order valence-electron chi connectivity index (χ4n) is 2.35. The van der Waals surface area contributed by atoms with Gasteiger partial charge in [0.05, 0.1) is 12.7 Å². The normalized spacial score (nSPS) is 44.1. The van der Waals surface area contributed by atoms with E-state index in [4.69, 9.17) is 9.47 Å². The molecule has 0 aromatic heterocycles.